The van der Waals surface area contributed by atoms with Crippen LogP contribution in [-0.4, -0.2) is 49.1 Å². The van der Waals surface area contributed by atoms with E-state index in [1.165, 1.54) is 29.8 Å². The largest absolute Gasteiger partial charge is 0.326 e. The highest BCUT2D eigenvalue weighted by molar-refractivity contribution is 7.10. The molecule has 0 aromatic carbocycles. The average molecular weight is 295 g/mol. The van der Waals surface area contributed by atoms with E-state index < -0.39 is 0 Å². The van der Waals surface area contributed by atoms with Gasteiger partial charge in [-0.1, -0.05) is 6.92 Å². The normalized spacial score (nSPS) is 23.4. The van der Waals surface area contributed by atoms with Crippen molar-refractivity contribution < 1.29 is 0 Å². The average Bonchev–Trinajstić information content (AvgIpc) is 3.00. The first-order valence-electron chi connectivity index (χ1n) is 7.74. The fourth-order valence-electron chi connectivity index (χ4n) is 3.29. The summed E-state index contributed by atoms with van der Waals surface area (Å²) < 4.78 is 0. The van der Waals surface area contributed by atoms with Crippen LogP contribution in [0.25, 0.3) is 0 Å². The van der Waals surface area contributed by atoms with Gasteiger partial charge in [0.2, 0.25) is 0 Å². The zero-order chi connectivity index (χ0) is 14.7. The Morgan fingerprint density at radius 2 is 2.30 bits per heavy atom. The molecule has 20 heavy (non-hydrogen) atoms. The van der Waals surface area contributed by atoms with Crippen molar-refractivity contribution in [3.63, 3.8) is 0 Å². The zero-order valence-electron chi connectivity index (χ0n) is 13.3. The second-order valence-electron chi connectivity index (χ2n) is 6.20. The lowest BCUT2D eigenvalue weighted by molar-refractivity contribution is 0.159. The summed E-state index contributed by atoms with van der Waals surface area (Å²) in [6.45, 7) is 6.75. The molecule has 114 valence electrons. The number of hydrogen-bond donors (Lipinski definition) is 1. The summed E-state index contributed by atoms with van der Waals surface area (Å²) in [6.07, 6.45) is 3.67. The van der Waals surface area contributed by atoms with Crippen LogP contribution >= 0.6 is 11.3 Å². The molecular formula is C16H29N3S. The van der Waals surface area contributed by atoms with Crippen LogP contribution in [0.4, 0.5) is 0 Å². The van der Waals surface area contributed by atoms with Crippen LogP contribution in [0, 0.1) is 6.92 Å². The molecule has 0 amide bonds. The third-order valence-corrected chi connectivity index (χ3v) is 5.78. The number of hydrogen-bond acceptors (Lipinski definition) is 4. The molecule has 1 aliphatic heterocycles. The first-order valence-corrected chi connectivity index (χ1v) is 8.62. The lowest BCUT2D eigenvalue weighted by Crippen LogP contribution is -2.44. The number of thiophene rings is 1. The molecular weight excluding hydrogens is 266 g/mol. The van der Waals surface area contributed by atoms with Crippen molar-refractivity contribution in [3.8, 4) is 0 Å². The summed E-state index contributed by atoms with van der Waals surface area (Å²) in [7, 11) is 4.49. The van der Waals surface area contributed by atoms with Gasteiger partial charge in [0.05, 0.1) is 6.04 Å². The molecule has 2 N–H and O–H groups in total. The van der Waals surface area contributed by atoms with E-state index in [1.807, 2.05) is 11.3 Å². The summed E-state index contributed by atoms with van der Waals surface area (Å²) in [5.41, 5.74) is 7.82. The van der Waals surface area contributed by atoms with Crippen molar-refractivity contribution in [3.05, 3.63) is 21.9 Å². The van der Waals surface area contributed by atoms with E-state index in [4.69, 9.17) is 5.73 Å². The molecule has 3 atom stereocenters. The van der Waals surface area contributed by atoms with Crippen molar-refractivity contribution >= 4 is 11.3 Å². The maximum Gasteiger partial charge on any atom is 0.0594 e. The van der Waals surface area contributed by atoms with Gasteiger partial charge >= 0.3 is 0 Å². The fraction of sp³-hybridized carbons (Fsp3) is 0.750. The summed E-state index contributed by atoms with van der Waals surface area (Å²) in [4.78, 5) is 6.42. The first kappa shape index (κ1) is 16.0. The maximum atomic E-state index is 6.44. The van der Waals surface area contributed by atoms with Gasteiger partial charge in [-0.25, -0.2) is 0 Å². The Bertz CT molecular complexity index is 418. The topological polar surface area (TPSA) is 32.5 Å². The first-order chi connectivity index (χ1) is 9.54. The number of aryl methyl sites for hydroxylation is 1. The third-order valence-electron chi connectivity index (χ3n) is 4.69. The quantitative estimate of drug-likeness (QED) is 0.876. The fourth-order valence-corrected chi connectivity index (χ4v) is 4.45. The molecule has 3 unspecified atom stereocenters. The highest BCUT2D eigenvalue weighted by Gasteiger charge is 2.29. The van der Waals surface area contributed by atoms with Crippen molar-refractivity contribution in [1.29, 1.82) is 0 Å². The van der Waals surface area contributed by atoms with Crippen molar-refractivity contribution in [2.45, 2.75) is 51.2 Å². The molecule has 0 spiro atoms. The molecule has 2 heterocycles. The predicted octanol–water partition coefficient (Wildman–Crippen LogP) is 2.86. The smallest absolute Gasteiger partial charge is 0.0594 e. The number of nitrogens with two attached hydrogens (primary N) is 1. The van der Waals surface area contributed by atoms with E-state index in [2.05, 4.69) is 49.2 Å². The monoisotopic (exact) mass is 295 g/mol. The van der Waals surface area contributed by atoms with E-state index in [-0.39, 0.29) is 6.04 Å². The Morgan fingerprint density at radius 1 is 1.55 bits per heavy atom. The van der Waals surface area contributed by atoms with Crippen LogP contribution < -0.4 is 5.73 Å². The molecule has 0 radical (unpaired) electrons. The van der Waals surface area contributed by atoms with Crippen LogP contribution in [0.15, 0.2) is 11.4 Å². The SMILES string of the molecule is CCC(N)C(c1sccc1C)N(C)CC1CCCN1C. The number of likely N-dealkylation sites (tertiary alicyclic amines) is 1. The van der Waals surface area contributed by atoms with Crippen LogP contribution in [0.1, 0.15) is 42.7 Å². The van der Waals surface area contributed by atoms with E-state index in [1.54, 1.807) is 0 Å². The highest BCUT2D eigenvalue weighted by Crippen LogP contribution is 2.32. The number of rotatable bonds is 6. The van der Waals surface area contributed by atoms with Gasteiger partial charge in [0.15, 0.2) is 0 Å². The van der Waals surface area contributed by atoms with Gasteiger partial charge in [0.25, 0.3) is 0 Å². The minimum atomic E-state index is 0.212. The standard InChI is InChI=1S/C16H29N3S/c1-5-14(17)15(16-12(2)8-10-20-16)19(4)11-13-7-6-9-18(13)3/h8,10,13-15H,5-7,9,11,17H2,1-4H3. The molecule has 1 saturated heterocycles. The Kier molecular flexibility index (Phi) is 5.61. The van der Waals surface area contributed by atoms with Crippen molar-refractivity contribution in [2.75, 3.05) is 27.2 Å². The molecule has 1 aromatic heterocycles. The Morgan fingerprint density at radius 3 is 2.80 bits per heavy atom. The van der Waals surface area contributed by atoms with Gasteiger partial charge in [-0.05, 0) is 63.8 Å². The molecule has 1 aliphatic rings. The van der Waals surface area contributed by atoms with Gasteiger partial charge in [-0.15, -0.1) is 11.3 Å². The second kappa shape index (κ2) is 7.03. The van der Waals surface area contributed by atoms with E-state index >= 15 is 0 Å². The summed E-state index contributed by atoms with van der Waals surface area (Å²) in [5.74, 6) is 0. The van der Waals surface area contributed by atoms with Gasteiger partial charge in [-0.3, -0.25) is 4.90 Å². The third kappa shape index (κ3) is 3.42. The van der Waals surface area contributed by atoms with E-state index in [0.29, 0.717) is 12.1 Å². The Labute approximate surface area is 127 Å². The van der Waals surface area contributed by atoms with Crippen LogP contribution in [0.2, 0.25) is 0 Å². The predicted molar refractivity (Wildman–Crippen MR) is 88.3 cm³/mol. The van der Waals surface area contributed by atoms with Crippen molar-refractivity contribution in [1.82, 2.24) is 9.80 Å². The molecule has 1 aromatic rings. The maximum absolute atomic E-state index is 6.44. The van der Waals surface area contributed by atoms with Crippen molar-refractivity contribution in [2.24, 2.45) is 5.73 Å². The summed E-state index contributed by atoms with van der Waals surface area (Å²) in [5, 5.41) is 2.19. The number of likely N-dealkylation sites (N-methyl/N-ethyl adjacent to an activating group) is 2. The highest BCUT2D eigenvalue weighted by atomic mass is 32.1. The lowest BCUT2D eigenvalue weighted by atomic mass is 10.0. The van der Waals surface area contributed by atoms with E-state index in [9.17, 15) is 0 Å². The van der Waals surface area contributed by atoms with Crippen LogP contribution in [0.5, 0.6) is 0 Å². The summed E-state index contributed by atoms with van der Waals surface area (Å²) in [6, 6.07) is 3.47. The molecule has 3 nitrogen and oxygen atoms in total. The molecule has 0 bridgehead atoms. The second-order valence-corrected chi connectivity index (χ2v) is 7.15. The van der Waals surface area contributed by atoms with E-state index in [0.717, 1.165) is 13.0 Å². The number of nitrogens with zero attached hydrogens (tertiary/aromatic N) is 2. The molecule has 2 rings (SSSR count). The Hall–Kier alpha value is -0.420. The summed E-state index contributed by atoms with van der Waals surface area (Å²) >= 11 is 1.85. The molecule has 1 fully saturated rings. The minimum Gasteiger partial charge on any atom is -0.326 e. The van der Waals surface area contributed by atoms with Gasteiger partial charge in [0.1, 0.15) is 0 Å². The van der Waals surface area contributed by atoms with Gasteiger partial charge in [0, 0.05) is 23.5 Å². The van der Waals surface area contributed by atoms with Crippen LogP contribution in [-0.2, 0) is 0 Å². The molecule has 0 aliphatic carbocycles. The van der Waals surface area contributed by atoms with Gasteiger partial charge < -0.3 is 10.6 Å². The molecule has 4 heteroatoms. The van der Waals surface area contributed by atoms with Gasteiger partial charge in [-0.2, -0.15) is 0 Å². The lowest BCUT2D eigenvalue weighted by Gasteiger charge is -2.35. The Balaban J connectivity index is 2.12. The zero-order valence-corrected chi connectivity index (χ0v) is 14.1. The minimum absolute atomic E-state index is 0.212. The van der Waals surface area contributed by atoms with Crippen LogP contribution in [0.3, 0.4) is 0 Å². The molecule has 0 saturated carbocycles.